The molecule has 3 nitrogen and oxygen atoms in total. The molecule has 16 heavy (non-hydrogen) atoms. The van der Waals surface area contributed by atoms with E-state index in [9.17, 15) is 4.39 Å². The van der Waals surface area contributed by atoms with E-state index in [0.717, 1.165) is 9.90 Å². The first-order valence-electron chi connectivity index (χ1n) is 4.31. The molecule has 0 spiro atoms. The molecule has 0 aliphatic rings. The number of rotatable bonds is 3. The van der Waals surface area contributed by atoms with Gasteiger partial charge < -0.3 is 5.73 Å². The van der Waals surface area contributed by atoms with Gasteiger partial charge in [-0.1, -0.05) is 40.8 Å². The van der Waals surface area contributed by atoms with Gasteiger partial charge in [-0.15, -0.1) is 10.2 Å². The number of hydrogen-bond donors (Lipinski definition) is 1. The van der Waals surface area contributed by atoms with E-state index in [1.54, 1.807) is 12.1 Å². The van der Waals surface area contributed by atoms with Crippen LogP contribution in [0.3, 0.4) is 0 Å². The maximum atomic E-state index is 12.9. The zero-order chi connectivity index (χ0) is 11.5. The summed E-state index contributed by atoms with van der Waals surface area (Å²) in [6, 6.07) is 4.65. The summed E-state index contributed by atoms with van der Waals surface area (Å²) in [5, 5.41) is 8.15. The molecule has 0 aliphatic carbocycles. The van der Waals surface area contributed by atoms with Crippen LogP contribution >= 0.6 is 34.7 Å². The molecule has 1 aromatic carbocycles. The fourth-order valence-corrected chi connectivity index (χ4v) is 2.84. The lowest BCUT2D eigenvalue weighted by Crippen LogP contribution is -1.83. The summed E-state index contributed by atoms with van der Waals surface area (Å²) < 4.78 is 13.7. The molecule has 7 heteroatoms. The average Bonchev–Trinajstić information content (AvgIpc) is 2.66. The fourth-order valence-electron chi connectivity index (χ4n) is 1.05. The van der Waals surface area contributed by atoms with Crippen LogP contribution in [0.15, 0.2) is 22.5 Å². The highest BCUT2D eigenvalue weighted by Crippen LogP contribution is 2.28. The predicted molar refractivity (Wildman–Crippen MR) is 65.3 cm³/mol. The molecule has 0 amide bonds. The highest BCUT2D eigenvalue weighted by atomic mass is 35.5. The average molecular weight is 276 g/mol. The number of anilines is 1. The minimum absolute atomic E-state index is 0.134. The minimum Gasteiger partial charge on any atom is -0.374 e. The Hall–Kier alpha value is -0.850. The molecule has 0 atom stereocenters. The number of benzene rings is 1. The first-order valence-corrected chi connectivity index (χ1v) is 6.49. The van der Waals surface area contributed by atoms with Gasteiger partial charge in [0.15, 0.2) is 4.34 Å². The lowest BCUT2D eigenvalue weighted by molar-refractivity contribution is 0.628. The van der Waals surface area contributed by atoms with Gasteiger partial charge in [0, 0.05) is 5.75 Å². The third-order valence-corrected chi connectivity index (χ3v) is 4.01. The molecule has 2 aromatic rings. The Morgan fingerprint density at radius 3 is 2.88 bits per heavy atom. The van der Waals surface area contributed by atoms with E-state index < -0.39 is 5.82 Å². The first-order chi connectivity index (χ1) is 7.65. The van der Waals surface area contributed by atoms with Crippen LogP contribution in [0.1, 0.15) is 5.56 Å². The Morgan fingerprint density at radius 2 is 2.25 bits per heavy atom. The molecule has 0 aliphatic heterocycles. The molecule has 0 saturated carbocycles. The number of aromatic nitrogens is 2. The van der Waals surface area contributed by atoms with E-state index in [-0.39, 0.29) is 5.02 Å². The van der Waals surface area contributed by atoms with Crippen molar-refractivity contribution in [1.82, 2.24) is 10.2 Å². The quantitative estimate of drug-likeness (QED) is 0.874. The van der Waals surface area contributed by atoms with Crippen LogP contribution in [0.5, 0.6) is 0 Å². The summed E-state index contributed by atoms with van der Waals surface area (Å²) in [5.41, 5.74) is 6.39. The zero-order valence-corrected chi connectivity index (χ0v) is 10.4. The molecular weight excluding hydrogens is 269 g/mol. The largest absolute Gasteiger partial charge is 0.374 e. The molecule has 2 N–H and O–H groups in total. The SMILES string of the molecule is Nc1nnc(SCc2ccc(F)c(Cl)c2)s1. The lowest BCUT2D eigenvalue weighted by Gasteiger charge is -2.00. The van der Waals surface area contributed by atoms with E-state index in [4.69, 9.17) is 17.3 Å². The van der Waals surface area contributed by atoms with Gasteiger partial charge in [0.1, 0.15) is 5.82 Å². The van der Waals surface area contributed by atoms with E-state index in [2.05, 4.69) is 10.2 Å². The normalized spacial score (nSPS) is 10.6. The van der Waals surface area contributed by atoms with Crippen LogP contribution in [0.25, 0.3) is 0 Å². The molecule has 2 rings (SSSR count). The maximum absolute atomic E-state index is 12.9. The highest BCUT2D eigenvalue weighted by Gasteiger charge is 2.04. The summed E-state index contributed by atoms with van der Waals surface area (Å²) >= 11 is 8.49. The summed E-state index contributed by atoms with van der Waals surface area (Å²) in [4.78, 5) is 0. The minimum atomic E-state index is -0.407. The van der Waals surface area contributed by atoms with Crippen LogP contribution in [0, 0.1) is 5.82 Å². The third-order valence-electron chi connectivity index (χ3n) is 1.77. The predicted octanol–water partition coefficient (Wildman–Crippen LogP) is 3.21. The monoisotopic (exact) mass is 275 g/mol. The molecule has 84 valence electrons. The van der Waals surface area contributed by atoms with Gasteiger partial charge in [0.2, 0.25) is 5.13 Å². The van der Waals surface area contributed by atoms with Crippen LogP contribution in [0.2, 0.25) is 5.02 Å². The van der Waals surface area contributed by atoms with Gasteiger partial charge in [0.05, 0.1) is 5.02 Å². The maximum Gasteiger partial charge on any atom is 0.203 e. The zero-order valence-electron chi connectivity index (χ0n) is 7.98. The molecule has 0 unspecified atom stereocenters. The van der Waals surface area contributed by atoms with Crippen molar-refractivity contribution < 1.29 is 4.39 Å². The van der Waals surface area contributed by atoms with Crippen LogP contribution in [-0.2, 0) is 5.75 Å². The number of halogens is 2. The van der Waals surface area contributed by atoms with Crippen LogP contribution < -0.4 is 5.73 Å². The van der Waals surface area contributed by atoms with Gasteiger partial charge in [-0.25, -0.2) is 4.39 Å². The summed E-state index contributed by atoms with van der Waals surface area (Å²) in [6.07, 6.45) is 0. The molecular formula is C9H7ClFN3S2. The van der Waals surface area contributed by atoms with Crippen molar-refractivity contribution in [2.45, 2.75) is 10.1 Å². The summed E-state index contributed by atoms with van der Waals surface area (Å²) in [5.74, 6) is 0.254. The number of nitrogens with two attached hydrogens (primary N) is 1. The number of nitrogen functional groups attached to an aromatic ring is 1. The lowest BCUT2D eigenvalue weighted by atomic mass is 10.2. The van der Waals surface area contributed by atoms with Gasteiger partial charge >= 0.3 is 0 Å². The number of nitrogens with zero attached hydrogens (tertiary/aromatic N) is 2. The van der Waals surface area contributed by atoms with Crippen LogP contribution in [0.4, 0.5) is 9.52 Å². The molecule has 0 saturated heterocycles. The fraction of sp³-hybridized carbons (Fsp3) is 0.111. The molecule has 1 heterocycles. The van der Waals surface area contributed by atoms with Crippen molar-refractivity contribution in [3.63, 3.8) is 0 Å². The molecule has 0 radical (unpaired) electrons. The van der Waals surface area contributed by atoms with E-state index in [1.807, 2.05) is 0 Å². The van der Waals surface area contributed by atoms with Gasteiger partial charge in [0.25, 0.3) is 0 Å². The van der Waals surface area contributed by atoms with Gasteiger partial charge in [-0.05, 0) is 17.7 Å². The molecule has 0 bridgehead atoms. The highest BCUT2D eigenvalue weighted by molar-refractivity contribution is 8.00. The topological polar surface area (TPSA) is 51.8 Å². The van der Waals surface area contributed by atoms with Crippen molar-refractivity contribution in [1.29, 1.82) is 0 Å². The van der Waals surface area contributed by atoms with Crippen molar-refractivity contribution in [3.05, 3.63) is 34.6 Å². The Bertz CT molecular complexity index is 503. The van der Waals surface area contributed by atoms with E-state index >= 15 is 0 Å². The summed E-state index contributed by atoms with van der Waals surface area (Å²) in [6.45, 7) is 0. The Balaban J connectivity index is 2.02. The standard InChI is InChI=1S/C9H7ClFN3S2/c10-6-3-5(1-2-7(6)11)4-15-9-14-13-8(12)16-9/h1-3H,4H2,(H2,12,13). The third kappa shape index (κ3) is 2.84. The smallest absolute Gasteiger partial charge is 0.203 e. The van der Waals surface area contributed by atoms with E-state index in [0.29, 0.717) is 10.9 Å². The summed E-state index contributed by atoms with van der Waals surface area (Å²) in [7, 11) is 0. The second-order valence-corrected chi connectivity index (χ2v) is 5.58. The van der Waals surface area contributed by atoms with Crippen molar-refractivity contribution in [2.24, 2.45) is 0 Å². The molecule has 0 fully saturated rings. The van der Waals surface area contributed by atoms with Crippen molar-refractivity contribution in [2.75, 3.05) is 5.73 Å². The second kappa shape index (κ2) is 4.99. The first kappa shape index (κ1) is 11.6. The Kier molecular flexibility index (Phi) is 3.63. The molecule has 1 aromatic heterocycles. The van der Waals surface area contributed by atoms with Crippen molar-refractivity contribution in [3.8, 4) is 0 Å². The van der Waals surface area contributed by atoms with Crippen LogP contribution in [-0.4, -0.2) is 10.2 Å². The second-order valence-electron chi connectivity index (χ2n) is 2.94. The number of hydrogen-bond acceptors (Lipinski definition) is 5. The Labute approximate surface area is 105 Å². The van der Waals surface area contributed by atoms with E-state index in [1.165, 1.54) is 29.2 Å². The van der Waals surface area contributed by atoms with Crippen molar-refractivity contribution >= 4 is 39.8 Å². The van der Waals surface area contributed by atoms with Gasteiger partial charge in [-0.3, -0.25) is 0 Å². The van der Waals surface area contributed by atoms with Gasteiger partial charge in [-0.2, -0.15) is 0 Å². The number of thioether (sulfide) groups is 1. The Morgan fingerprint density at radius 1 is 1.44 bits per heavy atom.